The van der Waals surface area contributed by atoms with Crippen LogP contribution in [0.5, 0.6) is 0 Å². The first kappa shape index (κ1) is 17.2. The second-order valence-corrected chi connectivity index (χ2v) is 6.23. The fourth-order valence-corrected chi connectivity index (χ4v) is 3.08. The summed E-state index contributed by atoms with van der Waals surface area (Å²) in [7, 11) is 0. The van der Waals surface area contributed by atoms with E-state index in [-0.39, 0.29) is 18.7 Å². The molecule has 0 bridgehead atoms. The highest BCUT2D eigenvalue weighted by Crippen LogP contribution is 2.24. The molecule has 0 spiro atoms. The highest BCUT2D eigenvalue weighted by atomic mass is 16.5. The molecule has 1 aromatic carbocycles. The van der Waals surface area contributed by atoms with Crippen molar-refractivity contribution in [1.82, 2.24) is 24.3 Å². The van der Waals surface area contributed by atoms with Gasteiger partial charge in [-0.3, -0.25) is 4.79 Å². The summed E-state index contributed by atoms with van der Waals surface area (Å²) in [6.45, 7) is 1.92. The first-order valence-electron chi connectivity index (χ1n) is 8.79. The molecular weight excluding hydrogens is 346 g/mol. The van der Waals surface area contributed by atoms with Crippen molar-refractivity contribution in [1.29, 1.82) is 0 Å². The average molecular weight is 365 g/mol. The van der Waals surface area contributed by atoms with Gasteiger partial charge in [0, 0.05) is 29.9 Å². The molecule has 0 aliphatic carbocycles. The number of hydrogen-bond acceptors (Lipinski definition) is 6. The van der Waals surface area contributed by atoms with Crippen LogP contribution in [0.15, 0.2) is 52.0 Å². The summed E-state index contributed by atoms with van der Waals surface area (Å²) in [6, 6.07) is 9.48. The lowest BCUT2D eigenvalue weighted by atomic mass is 10.1. The average Bonchev–Trinajstić information content (AvgIpc) is 3.29. The maximum absolute atomic E-state index is 13.0. The normalized spacial score (nSPS) is 11.3. The number of fused-ring (bicyclic) bond motifs is 1. The van der Waals surface area contributed by atoms with Gasteiger partial charge in [0.2, 0.25) is 5.89 Å². The van der Waals surface area contributed by atoms with Crippen LogP contribution >= 0.6 is 0 Å². The van der Waals surface area contributed by atoms with E-state index in [1.165, 1.54) is 9.08 Å². The van der Waals surface area contributed by atoms with E-state index >= 15 is 0 Å². The van der Waals surface area contributed by atoms with E-state index in [0.717, 1.165) is 18.4 Å². The van der Waals surface area contributed by atoms with Crippen LogP contribution in [0.3, 0.4) is 0 Å². The number of aliphatic hydroxyl groups excluding tert-OH is 1. The van der Waals surface area contributed by atoms with E-state index in [1.54, 1.807) is 12.4 Å². The lowest BCUT2D eigenvalue weighted by molar-refractivity contribution is 0.283. The minimum Gasteiger partial charge on any atom is -0.392 e. The Morgan fingerprint density at radius 1 is 1.19 bits per heavy atom. The lowest BCUT2D eigenvalue weighted by Gasteiger charge is -2.03. The van der Waals surface area contributed by atoms with Crippen LogP contribution < -0.4 is 5.56 Å². The number of rotatable bonds is 6. The van der Waals surface area contributed by atoms with Crippen LogP contribution in [0.25, 0.3) is 16.8 Å². The Bertz CT molecular complexity index is 1130. The van der Waals surface area contributed by atoms with Crippen molar-refractivity contribution >= 4 is 5.52 Å². The van der Waals surface area contributed by atoms with Gasteiger partial charge in [-0.2, -0.15) is 10.1 Å². The molecule has 8 heteroatoms. The highest BCUT2D eigenvalue weighted by Gasteiger charge is 2.18. The summed E-state index contributed by atoms with van der Waals surface area (Å²) in [5, 5.41) is 18.3. The Morgan fingerprint density at radius 3 is 2.74 bits per heavy atom. The van der Waals surface area contributed by atoms with Crippen LogP contribution in [-0.4, -0.2) is 29.4 Å². The Morgan fingerprint density at radius 2 is 2.00 bits per heavy atom. The smallest absolute Gasteiger partial charge is 0.277 e. The molecule has 0 radical (unpaired) electrons. The second-order valence-electron chi connectivity index (χ2n) is 6.23. The first-order valence-corrected chi connectivity index (χ1v) is 8.79. The lowest BCUT2D eigenvalue weighted by Crippen LogP contribution is -2.22. The first-order chi connectivity index (χ1) is 13.2. The molecule has 4 rings (SSSR count). The zero-order chi connectivity index (χ0) is 18.8. The Hall–Kier alpha value is -3.26. The molecular formula is C19H19N5O3. The third kappa shape index (κ3) is 3.15. The van der Waals surface area contributed by atoms with Crippen LogP contribution in [-0.2, 0) is 19.6 Å². The van der Waals surface area contributed by atoms with Gasteiger partial charge in [-0.15, -0.1) is 0 Å². The Balaban J connectivity index is 1.78. The predicted octanol–water partition coefficient (Wildman–Crippen LogP) is 2.04. The van der Waals surface area contributed by atoms with Crippen molar-refractivity contribution < 1.29 is 9.63 Å². The molecule has 3 heterocycles. The van der Waals surface area contributed by atoms with E-state index in [2.05, 4.69) is 15.2 Å². The zero-order valence-electron chi connectivity index (χ0n) is 14.9. The van der Waals surface area contributed by atoms with Gasteiger partial charge < -0.3 is 14.2 Å². The van der Waals surface area contributed by atoms with Gasteiger partial charge in [0.15, 0.2) is 5.82 Å². The highest BCUT2D eigenvalue weighted by molar-refractivity contribution is 5.72. The minimum atomic E-state index is -0.284. The fourth-order valence-electron chi connectivity index (χ4n) is 3.08. The summed E-state index contributed by atoms with van der Waals surface area (Å²) in [5.74, 6) is 1.01. The van der Waals surface area contributed by atoms with E-state index in [4.69, 9.17) is 4.52 Å². The van der Waals surface area contributed by atoms with Crippen LogP contribution in [0.4, 0.5) is 0 Å². The molecule has 138 valence electrons. The van der Waals surface area contributed by atoms with Gasteiger partial charge in [0.1, 0.15) is 12.1 Å². The molecule has 0 amide bonds. The minimum absolute atomic E-state index is 0.169. The summed E-state index contributed by atoms with van der Waals surface area (Å²) < 4.78 is 8.21. The SMILES string of the molecule is CCCc1noc(Cn2ccn3nc(-c4ccccc4)c(CO)c3c2=O)n1. The van der Waals surface area contributed by atoms with Gasteiger partial charge in [-0.25, -0.2) is 4.52 Å². The number of aryl methyl sites for hydroxylation is 1. The largest absolute Gasteiger partial charge is 0.392 e. The van der Waals surface area contributed by atoms with Crippen LogP contribution in [0, 0.1) is 0 Å². The van der Waals surface area contributed by atoms with Crippen molar-refractivity contribution in [3.8, 4) is 11.3 Å². The van der Waals surface area contributed by atoms with Crippen molar-refractivity contribution in [2.24, 2.45) is 0 Å². The number of hydrogen-bond donors (Lipinski definition) is 1. The van der Waals surface area contributed by atoms with Gasteiger partial charge in [0.05, 0.1) is 12.3 Å². The molecule has 3 aromatic heterocycles. The van der Waals surface area contributed by atoms with E-state index < -0.39 is 0 Å². The summed E-state index contributed by atoms with van der Waals surface area (Å²) in [4.78, 5) is 17.3. The molecule has 0 saturated heterocycles. The monoisotopic (exact) mass is 365 g/mol. The topological polar surface area (TPSA) is 98.5 Å². The second kappa shape index (κ2) is 7.16. The summed E-state index contributed by atoms with van der Waals surface area (Å²) >= 11 is 0. The number of benzene rings is 1. The quantitative estimate of drug-likeness (QED) is 0.561. The maximum atomic E-state index is 13.0. The molecule has 27 heavy (non-hydrogen) atoms. The number of aliphatic hydroxyl groups is 1. The molecule has 0 atom stereocenters. The standard InChI is InChI=1S/C19H19N5O3/c1-2-6-15-20-16(27-22-15)11-23-9-10-24-18(19(23)26)14(12-25)17(21-24)13-7-4-3-5-8-13/h3-5,7-10,25H,2,6,11-12H2,1H3. The van der Waals surface area contributed by atoms with Gasteiger partial charge in [0.25, 0.3) is 5.56 Å². The molecule has 0 aliphatic heterocycles. The van der Waals surface area contributed by atoms with Crippen molar-refractivity contribution in [2.75, 3.05) is 0 Å². The van der Waals surface area contributed by atoms with Crippen LogP contribution in [0.1, 0.15) is 30.6 Å². The molecule has 1 N–H and O–H groups in total. The van der Waals surface area contributed by atoms with Crippen molar-refractivity contribution in [2.45, 2.75) is 32.9 Å². The molecule has 8 nitrogen and oxygen atoms in total. The molecule has 0 aliphatic rings. The van der Waals surface area contributed by atoms with Gasteiger partial charge in [-0.1, -0.05) is 42.4 Å². The molecule has 0 saturated carbocycles. The van der Waals surface area contributed by atoms with Crippen molar-refractivity contribution in [3.05, 3.63) is 70.4 Å². The maximum Gasteiger partial charge on any atom is 0.277 e. The van der Waals surface area contributed by atoms with E-state index in [0.29, 0.717) is 28.5 Å². The van der Waals surface area contributed by atoms with Crippen LogP contribution in [0.2, 0.25) is 0 Å². The number of aromatic nitrogens is 5. The zero-order valence-corrected chi connectivity index (χ0v) is 14.9. The van der Waals surface area contributed by atoms with E-state index in [1.807, 2.05) is 37.3 Å². The van der Waals surface area contributed by atoms with Gasteiger partial charge in [-0.05, 0) is 6.42 Å². The Kier molecular flexibility index (Phi) is 4.55. The number of nitrogens with zero attached hydrogens (tertiary/aromatic N) is 5. The predicted molar refractivity (Wildman–Crippen MR) is 98.2 cm³/mol. The van der Waals surface area contributed by atoms with Crippen molar-refractivity contribution in [3.63, 3.8) is 0 Å². The Labute approximate surface area is 154 Å². The van der Waals surface area contributed by atoms with E-state index in [9.17, 15) is 9.90 Å². The van der Waals surface area contributed by atoms with Gasteiger partial charge >= 0.3 is 0 Å². The third-order valence-corrected chi connectivity index (χ3v) is 4.35. The fraction of sp³-hybridized carbons (Fsp3) is 0.263. The third-order valence-electron chi connectivity index (χ3n) is 4.35. The molecule has 0 fully saturated rings. The summed E-state index contributed by atoms with van der Waals surface area (Å²) in [6.07, 6.45) is 4.96. The molecule has 0 unspecified atom stereocenters. The summed E-state index contributed by atoms with van der Waals surface area (Å²) in [5.41, 5.74) is 2.00. The molecule has 4 aromatic rings.